The second-order valence-corrected chi connectivity index (χ2v) is 6.46. The first-order chi connectivity index (χ1) is 13.3. The molecule has 1 saturated heterocycles. The average molecular weight is 362 g/mol. The third kappa shape index (κ3) is 2.86. The second kappa shape index (κ2) is 6.35. The molecule has 1 aliphatic heterocycles. The van der Waals surface area contributed by atoms with Crippen molar-refractivity contribution in [1.29, 1.82) is 0 Å². The van der Waals surface area contributed by atoms with Crippen molar-refractivity contribution in [2.45, 2.75) is 6.92 Å². The van der Waals surface area contributed by atoms with Gasteiger partial charge in [-0.15, -0.1) is 10.2 Å². The van der Waals surface area contributed by atoms with Gasteiger partial charge in [0.05, 0.1) is 6.26 Å². The number of anilines is 2. The maximum absolute atomic E-state index is 5.36. The predicted octanol–water partition coefficient (Wildman–Crippen LogP) is 1.81. The fourth-order valence-electron chi connectivity index (χ4n) is 3.35. The summed E-state index contributed by atoms with van der Waals surface area (Å²) in [5.41, 5.74) is 1.68. The third-order valence-electron chi connectivity index (χ3n) is 4.71. The van der Waals surface area contributed by atoms with Gasteiger partial charge in [-0.25, -0.2) is 4.98 Å². The molecule has 136 valence electrons. The van der Waals surface area contributed by atoms with Crippen LogP contribution in [0.15, 0.2) is 47.3 Å². The van der Waals surface area contributed by atoms with Crippen LogP contribution >= 0.6 is 0 Å². The van der Waals surface area contributed by atoms with Crippen molar-refractivity contribution in [2.24, 2.45) is 0 Å². The number of aromatic nitrogens is 6. The van der Waals surface area contributed by atoms with Crippen LogP contribution in [-0.4, -0.2) is 56.0 Å². The number of rotatable bonds is 3. The summed E-state index contributed by atoms with van der Waals surface area (Å²) in [4.78, 5) is 13.2. The predicted molar refractivity (Wildman–Crippen MR) is 99.7 cm³/mol. The zero-order chi connectivity index (χ0) is 18.2. The summed E-state index contributed by atoms with van der Waals surface area (Å²) in [5.74, 6) is 3.26. The summed E-state index contributed by atoms with van der Waals surface area (Å²) >= 11 is 0. The van der Waals surface area contributed by atoms with E-state index in [4.69, 9.17) is 4.42 Å². The Bertz CT molecular complexity index is 1050. The van der Waals surface area contributed by atoms with Crippen molar-refractivity contribution < 1.29 is 4.42 Å². The van der Waals surface area contributed by atoms with Gasteiger partial charge in [0.2, 0.25) is 0 Å². The summed E-state index contributed by atoms with van der Waals surface area (Å²) in [7, 11) is 0. The van der Waals surface area contributed by atoms with Crippen LogP contribution in [-0.2, 0) is 0 Å². The summed E-state index contributed by atoms with van der Waals surface area (Å²) in [6, 6.07) is 9.71. The van der Waals surface area contributed by atoms with Crippen LogP contribution in [0.2, 0.25) is 0 Å². The van der Waals surface area contributed by atoms with E-state index in [0.29, 0.717) is 5.78 Å². The molecular weight excluding hydrogens is 344 g/mol. The van der Waals surface area contributed by atoms with Crippen molar-refractivity contribution in [3.8, 4) is 11.5 Å². The Labute approximate surface area is 155 Å². The molecule has 0 atom stereocenters. The van der Waals surface area contributed by atoms with Gasteiger partial charge >= 0.3 is 0 Å². The highest BCUT2D eigenvalue weighted by molar-refractivity contribution is 5.54. The number of piperazine rings is 1. The molecule has 9 nitrogen and oxygen atoms in total. The molecule has 0 aromatic carbocycles. The zero-order valence-electron chi connectivity index (χ0n) is 14.9. The Balaban J connectivity index is 1.32. The largest absolute Gasteiger partial charge is 0.463 e. The molecule has 5 heterocycles. The normalized spacial score (nSPS) is 14.9. The smallest absolute Gasteiger partial charge is 0.254 e. The Morgan fingerprint density at radius 2 is 1.85 bits per heavy atom. The fraction of sp³-hybridized carbons (Fsp3) is 0.278. The van der Waals surface area contributed by atoms with Crippen molar-refractivity contribution in [3.63, 3.8) is 0 Å². The molecule has 27 heavy (non-hydrogen) atoms. The number of hydrogen-bond donors (Lipinski definition) is 0. The topological polar surface area (TPSA) is 88.5 Å². The monoisotopic (exact) mass is 362 g/mol. The highest BCUT2D eigenvalue weighted by Crippen LogP contribution is 2.22. The van der Waals surface area contributed by atoms with Crippen molar-refractivity contribution in [3.05, 3.63) is 48.6 Å². The molecule has 0 spiro atoms. The highest BCUT2D eigenvalue weighted by atomic mass is 16.3. The van der Waals surface area contributed by atoms with Crippen molar-refractivity contribution in [1.82, 2.24) is 29.8 Å². The molecule has 0 amide bonds. The van der Waals surface area contributed by atoms with Crippen molar-refractivity contribution >= 4 is 17.4 Å². The lowest BCUT2D eigenvalue weighted by Gasteiger charge is -2.36. The molecule has 5 rings (SSSR count). The molecule has 4 aromatic rings. The molecule has 0 saturated carbocycles. The van der Waals surface area contributed by atoms with E-state index >= 15 is 0 Å². The van der Waals surface area contributed by atoms with Gasteiger partial charge in [-0.3, -0.25) is 0 Å². The van der Waals surface area contributed by atoms with Gasteiger partial charge in [-0.2, -0.15) is 14.6 Å². The minimum Gasteiger partial charge on any atom is -0.463 e. The molecule has 1 aliphatic rings. The van der Waals surface area contributed by atoms with E-state index in [9.17, 15) is 0 Å². The van der Waals surface area contributed by atoms with Crippen LogP contribution in [0, 0.1) is 6.92 Å². The maximum atomic E-state index is 5.36. The average Bonchev–Trinajstić information content (AvgIpc) is 3.39. The van der Waals surface area contributed by atoms with E-state index < -0.39 is 0 Å². The second-order valence-electron chi connectivity index (χ2n) is 6.46. The molecular formula is C18H18N8O. The van der Waals surface area contributed by atoms with Crippen LogP contribution in [0.1, 0.15) is 5.69 Å². The van der Waals surface area contributed by atoms with Gasteiger partial charge in [-0.1, -0.05) is 0 Å². The van der Waals surface area contributed by atoms with Crippen LogP contribution in [0.5, 0.6) is 0 Å². The SMILES string of the molecule is Cc1cc(N2CCN(c3ccc(-c4ccco4)nn3)CC2)n2ncnc2n1. The minimum atomic E-state index is 0.631. The fourth-order valence-corrected chi connectivity index (χ4v) is 3.35. The zero-order valence-corrected chi connectivity index (χ0v) is 14.9. The van der Waals surface area contributed by atoms with Crippen LogP contribution in [0.4, 0.5) is 11.6 Å². The lowest BCUT2D eigenvalue weighted by atomic mass is 10.2. The van der Waals surface area contributed by atoms with Gasteiger partial charge in [0, 0.05) is 37.9 Å². The molecule has 0 unspecified atom stereocenters. The minimum absolute atomic E-state index is 0.631. The number of nitrogens with zero attached hydrogens (tertiary/aromatic N) is 8. The molecule has 0 aliphatic carbocycles. The Kier molecular flexibility index (Phi) is 3.70. The molecule has 4 aromatic heterocycles. The quantitative estimate of drug-likeness (QED) is 0.545. The Hall–Kier alpha value is -3.49. The van der Waals surface area contributed by atoms with Gasteiger partial charge in [0.1, 0.15) is 17.8 Å². The standard InChI is InChI=1S/C18H18N8O/c1-13-11-17(26-18(21-13)19-12-20-26)25-8-6-24(7-9-25)16-5-4-14(22-23-16)15-3-2-10-27-15/h2-5,10-12H,6-9H2,1H3. The Morgan fingerprint density at radius 1 is 1.00 bits per heavy atom. The lowest BCUT2D eigenvalue weighted by molar-refractivity contribution is 0.578. The van der Waals surface area contributed by atoms with E-state index in [1.807, 2.05) is 31.2 Å². The van der Waals surface area contributed by atoms with Crippen LogP contribution in [0.3, 0.4) is 0 Å². The number of furan rings is 1. The maximum Gasteiger partial charge on any atom is 0.254 e. The van der Waals surface area contributed by atoms with E-state index in [1.54, 1.807) is 10.8 Å². The van der Waals surface area contributed by atoms with Gasteiger partial charge in [0.15, 0.2) is 11.6 Å². The molecule has 9 heteroatoms. The summed E-state index contributed by atoms with van der Waals surface area (Å²) in [6.07, 6.45) is 3.18. The van der Waals surface area contributed by atoms with Crippen LogP contribution < -0.4 is 9.80 Å². The molecule has 0 N–H and O–H groups in total. The third-order valence-corrected chi connectivity index (χ3v) is 4.71. The summed E-state index contributed by atoms with van der Waals surface area (Å²) in [5, 5.41) is 13.0. The number of aryl methyl sites for hydroxylation is 1. The highest BCUT2D eigenvalue weighted by Gasteiger charge is 2.21. The summed E-state index contributed by atoms with van der Waals surface area (Å²) < 4.78 is 7.16. The molecule has 0 bridgehead atoms. The van der Waals surface area contributed by atoms with E-state index in [1.165, 1.54) is 6.33 Å². The molecule has 0 radical (unpaired) electrons. The van der Waals surface area contributed by atoms with E-state index in [0.717, 1.165) is 55.0 Å². The van der Waals surface area contributed by atoms with Crippen LogP contribution in [0.25, 0.3) is 17.2 Å². The molecule has 1 fully saturated rings. The number of fused-ring (bicyclic) bond motifs is 1. The van der Waals surface area contributed by atoms with E-state index in [2.05, 4.69) is 41.1 Å². The Morgan fingerprint density at radius 3 is 2.59 bits per heavy atom. The first-order valence-electron chi connectivity index (χ1n) is 8.83. The lowest BCUT2D eigenvalue weighted by Crippen LogP contribution is -2.47. The van der Waals surface area contributed by atoms with Crippen molar-refractivity contribution in [2.75, 3.05) is 36.0 Å². The van der Waals surface area contributed by atoms with Gasteiger partial charge in [-0.05, 0) is 31.2 Å². The van der Waals surface area contributed by atoms with Gasteiger partial charge in [0.25, 0.3) is 5.78 Å². The summed E-state index contributed by atoms with van der Waals surface area (Å²) in [6.45, 7) is 5.41. The number of hydrogen-bond acceptors (Lipinski definition) is 8. The van der Waals surface area contributed by atoms with Gasteiger partial charge < -0.3 is 14.2 Å². The van der Waals surface area contributed by atoms with E-state index in [-0.39, 0.29) is 0 Å². The first-order valence-corrected chi connectivity index (χ1v) is 8.83. The first kappa shape index (κ1) is 15.7.